The first-order valence-corrected chi connectivity index (χ1v) is 4.77. The number of carboxylic acid groups (broad SMARTS) is 1. The quantitative estimate of drug-likeness (QED) is 0.756. The summed E-state index contributed by atoms with van der Waals surface area (Å²) in [4.78, 5) is 21.8. The number of carboxylic acids is 1. The first kappa shape index (κ1) is 12.0. The summed E-state index contributed by atoms with van der Waals surface area (Å²) in [6, 6.07) is 5.20. The minimum atomic E-state index is -1.01. The van der Waals surface area contributed by atoms with Crippen molar-refractivity contribution in [2.45, 2.75) is 6.92 Å². The van der Waals surface area contributed by atoms with Gasteiger partial charge in [-0.25, -0.2) is 4.79 Å². The Morgan fingerprint density at radius 3 is 2.56 bits per heavy atom. The number of rotatable bonds is 3. The lowest BCUT2D eigenvalue weighted by Gasteiger charge is -2.03. The Morgan fingerprint density at radius 2 is 2.00 bits per heavy atom. The van der Waals surface area contributed by atoms with Crippen LogP contribution in [0.5, 0.6) is 0 Å². The van der Waals surface area contributed by atoms with Crippen molar-refractivity contribution in [2.24, 2.45) is 0 Å². The van der Waals surface area contributed by atoms with Gasteiger partial charge in [0, 0.05) is 18.7 Å². The second-order valence-electron chi connectivity index (χ2n) is 3.38. The number of amides is 1. The number of nitrogens with one attached hydrogen (secondary N) is 1. The number of aryl methyl sites for hydroxylation is 1. The van der Waals surface area contributed by atoms with Crippen LogP contribution in [0.15, 0.2) is 24.3 Å². The molecule has 0 aliphatic carbocycles. The molecule has 0 bridgehead atoms. The summed E-state index contributed by atoms with van der Waals surface area (Å²) in [6.07, 6.45) is 2.50. The van der Waals surface area contributed by atoms with Gasteiger partial charge in [-0.05, 0) is 36.3 Å². The molecule has 1 amide bonds. The molecule has 2 N–H and O–H groups in total. The van der Waals surface area contributed by atoms with Crippen LogP contribution in [0.2, 0.25) is 0 Å². The van der Waals surface area contributed by atoms with Gasteiger partial charge in [0.15, 0.2) is 0 Å². The normalized spacial score (nSPS) is 10.4. The molecule has 0 atom stereocenters. The molecule has 1 rings (SSSR count). The fraction of sp³-hybridized carbons (Fsp3) is 0.167. The Balaban J connectivity index is 3.08. The molecule has 16 heavy (non-hydrogen) atoms. The van der Waals surface area contributed by atoms with E-state index < -0.39 is 5.97 Å². The van der Waals surface area contributed by atoms with Gasteiger partial charge >= 0.3 is 5.97 Å². The van der Waals surface area contributed by atoms with Crippen molar-refractivity contribution in [1.29, 1.82) is 0 Å². The summed E-state index contributed by atoms with van der Waals surface area (Å²) in [5.74, 6) is -1.20. The molecule has 4 nitrogen and oxygen atoms in total. The van der Waals surface area contributed by atoms with E-state index in [-0.39, 0.29) is 5.91 Å². The van der Waals surface area contributed by atoms with E-state index >= 15 is 0 Å². The number of carbonyl (C=O) groups excluding carboxylic acids is 1. The molecule has 0 aliphatic rings. The van der Waals surface area contributed by atoms with Crippen LogP contribution in [0.4, 0.5) is 0 Å². The SMILES string of the molecule is CNC(=O)c1cc(C)cc(/C=C/C(=O)O)c1. The van der Waals surface area contributed by atoms with Gasteiger partial charge in [-0.2, -0.15) is 0 Å². The smallest absolute Gasteiger partial charge is 0.328 e. The van der Waals surface area contributed by atoms with Gasteiger partial charge in [-0.15, -0.1) is 0 Å². The molecule has 0 unspecified atom stereocenters. The van der Waals surface area contributed by atoms with Crippen molar-refractivity contribution in [3.63, 3.8) is 0 Å². The summed E-state index contributed by atoms with van der Waals surface area (Å²) >= 11 is 0. The highest BCUT2D eigenvalue weighted by Gasteiger charge is 2.04. The fourth-order valence-electron chi connectivity index (χ4n) is 1.35. The standard InChI is InChI=1S/C12H13NO3/c1-8-5-9(3-4-11(14)15)7-10(6-8)12(16)13-2/h3-7H,1-2H3,(H,13,16)(H,14,15)/b4-3+. The third-order valence-electron chi connectivity index (χ3n) is 2.01. The highest BCUT2D eigenvalue weighted by molar-refractivity contribution is 5.95. The van der Waals surface area contributed by atoms with Crippen LogP contribution < -0.4 is 5.32 Å². The predicted octanol–water partition coefficient (Wildman–Crippen LogP) is 1.45. The topological polar surface area (TPSA) is 66.4 Å². The summed E-state index contributed by atoms with van der Waals surface area (Å²) < 4.78 is 0. The van der Waals surface area contributed by atoms with Crippen molar-refractivity contribution in [2.75, 3.05) is 7.05 Å². The second-order valence-corrected chi connectivity index (χ2v) is 3.38. The molecule has 0 saturated heterocycles. The molecule has 1 aromatic carbocycles. The maximum atomic E-state index is 11.4. The molecule has 0 aromatic heterocycles. The number of benzene rings is 1. The lowest BCUT2D eigenvalue weighted by Crippen LogP contribution is -2.17. The van der Waals surface area contributed by atoms with Crippen molar-refractivity contribution in [1.82, 2.24) is 5.32 Å². The lowest BCUT2D eigenvalue weighted by molar-refractivity contribution is -0.131. The summed E-state index contributed by atoms with van der Waals surface area (Å²) in [5, 5.41) is 11.0. The highest BCUT2D eigenvalue weighted by atomic mass is 16.4. The number of hydrogen-bond donors (Lipinski definition) is 2. The van der Waals surface area contributed by atoms with Crippen LogP contribution in [0.3, 0.4) is 0 Å². The summed E-state index contributed by atoms with van der Waals surface area (Å²) in [6.45, 7) is 1.85. The first-order chi connectivity index (χ1) is 7.52. The van der Waals surface area contributed by atoms with Crippen LogP contribution in [0.1, 0.15) is 21.5 Å². The molecule has 0 aliphatic heterocycles. The molecule has 0 heterocycles. The monoisotopic (exact) mass is 219 g/mol. The maximum Gasteiger partial charge on any atom is 0.328 e. The molecule has 4 heteroatoms. The molecular weight excluding hydrogens is 206 g/mol. The van der Waals surface area contributed by atoms with Gasteiger partial charge < -0.3 is 10.4 Å². The van der Waals surface area contributed by atoms with Gasteiger partial charge in [0.05, 0.1) is 0 Å². The minimum Gasteiger partial charge on any atom is -0.478 e. The lowest BCUT2D eigenvalue weighted by atomic mass is 10.1. The van der Waals surface area contributed by atoms with Gasteiger partial charge in [0.1, 0.15) is 0 Å². The number of hydrogen-bond acceptors (Lipinski definition) is 2. The molecular formula is C12H13NO3. The van der Waals surface area contributed by atoms with Crippen molar-refractivity contribution < 1.29 is 14.7 Å². The van der Waals surface area contributed by atoms with E-state index in [1.807, 2.05) is 13.0 Å². The zero-order chi connectivity index (χ0) is 12.1. The van der Waals surface area contributed by atoms with Crippen LogP contribution in [0, 0.1) is 6.92 Å². The summed E-state index contributed by atoms with van der Waals surface area (Å²) in [7, 11) is 1.55. The van der Waals surface area contributed by atoms with Crippen LogP contribution >= 0.6 is 0 Å². The molecule has 0 fully saturated rings. The Morgan fingerprint density at radius 1 is 1.31 bits per heavy atom. The van der Waals surface area contributed by atoms with Gasteiger partial charge in [-0.1, -0.05) is 6.07 Å². The van der Waals surface area contributed by atoms with Crippen LogP contribution in [0.25, 0.3) is 6.08 Å². The second kappa shape index (κ2) is 5.11. The first-order valence-electron chi connectivity index (χ1n) is 4.77. The molecule has 0 saturated carbocycles. The Kier molecular flexibility index (Phi) is 3.83. The van der Waals surface area contributed by atoms with Crippen LogP contribution in [-0.4, -0.2) is 24.0 Å². The fourth-order valence-corrected chi connectivity index (χ4v) is 1.35. The zero-order valence-electron chi connectivity index (χ0n) is 9.15. The van der Waals surface area contributed by atoms with Gasteiger partial charge in [-0.3, -0.25) is 4.79 Å². The third-order valence-corrected chi connectivity index (χ3v) is 2.01. The average Bonchev–Trinajstić information content (AvgIpc) is 2.24. The van der Waals surface area contributed by atoms with E-state index in [1.165, 1.54) is 6.08 Å². The van der Waals surface area contributed by atoms with E-state index in [9.17, 15) is 9.59 Å². The van der Waals surface area contributed by atoms with E-state index in [4.69, 9.17) is 5.11 Å². The maximum absolute atomic E-state index is 11.4. The third kappa shape index (κ3) is 3.24. The van der Waals surface area contributed by atoms with Crippen LogP contribution in [-0.2, 0) is 4.79 Å². The zero-order valence-corrected chi connectivity index (χ0v) is 9.15. The number of carbonyl (C=O) groups is 2. The highest BCUT2D eigenvalue weighted by Crippen LogP contribution is 2.11. The van der Waals surface area contributed by atoms with E-state index in [2.05, 4.69) is 5.32 Å². The Labute approximate surface area is 93.6 Å². The number of aliphatic carboxylic acids is 1. The molecule has 1 aromatic rings. The summed E-state index contributed by atoms with van der Waals surface area (Å²) in [5.41, 5.74) is 2.12. The molecule has 0 spiro atoms. The Hall–Kier alpha value is -2.10. The average molecular weight is 219 g/mol. The van der Waals surface area contributed by atoms with Crippen molar-refractivity contribution in [3.05, 3.63) is 41.0 Å². The van der Waals surface area contributed by atoms with Crippen molar-refractivity contribution in [3.8, 4) is 0 Å². The van der Waals surface area contributed by atoms with E-state index in [0.29, 0.717) is 11.1 Å². The Bertz CT molecular complexity index is 450. The van der Waals surface area contributed by atoms with E-state index in [1.54, 1.807) is 19.2 Å². The van der Waals surface area contributed by atoms with E-state index in [0.717, 1.165) is 11.6 Å². The molecule has 0 radical (unpaired) electrons. The molecule has 84 valence electrons. The minimum absolute atomic E-state index is 0.186. The predicted molar refractivity (Wildman–Crippen MR) is 61.2 cm³/mol. The van der Waals surface area contributed by atoms with Crippen molar-refractivity contribution >= 4 is 18.0 Å². The largest absolute Gasteiger partial charge is 0.478 e. The van der Waals surface area contributed by atoms with Gasteiger partial charge in [0.25, 0.3) is 5.91 Å². The van der Waals surface area contributed by atoms with Gasteiger partial charge in [0.2, 0.25) is 0 Å².